The number of hydrogen-bond acceptors (Lipinski definition) is 6. The number of anilines is 1. The number of hydrogen-bond donors (Lipinski definition) is 1. The first-order chi connectivity index (χ1) is 16.3. The van der Waals surface area contributed by atoms with Crippen LogP contribution in [0.25, 0.3) is 0 Å². The molecule has 0 aromatic heterocycles. The number of ketones is 1. The molecule has 4 rings (SSSR count). The van der Waals surface area contributed by atoms with Crippen LogP contribution in [0.5, 0.6) is 0 Å². The fraction of sp³-hybridized carbons (Fsp3) is 0.360. The number of Topliss-reactive ketones (excluding diaryl/α,β-unsaturated/α-hetero) is 1. The lowest BCUT2D eigenvalue weighted by atomic mass is 9.95. The largest absolute Gasteiger partial charge is 0.454 e. The van der Waals surface area contributed by atoms with Gasteiger partial charge in [0.15, 0.2) is 12.4 Å². The topological polar surface area (TPSA) is 92.8 Å². The van der Waals surface area contributed by atoms with Crippen molar-refractivity contribution in [3.8, 4) is 0 Å². The van der Waals surface area contributed by atoms with E-state index in [0.717, 1.165) is 30.6 Å². The molecule has 9 heteroatoms. The second kappa shape index (κ2) is 10.7. The van der Waals surface area contributed by atoms with E-state index >= 15 is 0 Å². The summed E-state index contributed by atoms with van der Waals surface area (Å²) in [4.78, 5) is 51.2. The summed E-state index contributed by atoms with van der Waals surface area (Å²) in [5, 5.41) is 3.89. The number of imide groups is 1. The predicted octanol–water partition coefficient (Wildman–Crippen LogP) is 4.59. The van der Waals surface area contributed by atoms with E-state index in [1.54, 1.807) is 0 Å². The lowest BCUT2D eigenvalue weighted by molar-refractivity contribution is -0.121. The van der Waals surface area contributed by atoms with Crippen LogP contribution >= 0.6 is 23.2 Å². The van der Waals surface area contributed by atoms with Crippen molar-refractivity contribution in [2.24, 2.45) is 0 Å². The smallest absolute Gasteiger partial charge is 0.338 e. The molecule has 1 atom stereocenters. The van der Waals surface area contributed by atoms with Crippen LogP contribution in [0.15, 0.2) is 42.5 Å². The fourth-order valence-corrected chi connectivity index (χ4v) is 4.60. The molecule has 0 radical (unpaired) electrons. The van der Waals surface area contributed by atoms with Gasteiger partial charge < -0.3 is 10.1 Å². The van der Waals surface area contributed by atoms with E-state index in [0.29, 0.717) is 10.7 Å². The zero-order valence-corrected chi connectivity index (χ0v) is 19.9. The Morgan fingerprint density at radius 2 is 1.62 bits per heavy atom. The molecule has 178 valence electrons. The van der Waals surface area contributed by atoms with Gasteiger partial charge in [0.25, 0.3) is 5.91 Å². The molecule has 2 aliphatic rings. The van der Waals surface area contributed by atoms with Gasteiger partial charge in [0, 0.05) is 11.6 Å². The van der Waals surface area contributed by atoms with Crippen molar-refractivity contribution in [1.82, 2.24) is 5.32 Å². The second-order valence-electron chi connectivity index (χ2n) is 8.50. The Balaban J connectivity index is 1.35. The summed E-state index contributed by atoms with van der Waals surface area (Å²) in [6.45, 7) is -0.462. The summed E-state index contributed by atoms with van der Waals surface area (Å²) in [5.74, 6) is -1.68. The Hall–Kier alpha value is -2.74. The maximum absolute atomic E-state index is 12.9. The van der Waals surface area contributed by atoms with Gasteiger partial charge in [-0.1, -0.05) is 42.5 Å². The van der Waals surface area contributed by atoms with E-state index in [-0.39, 0.29) is 40.4 Å². The monoisotopic (exact) mass is 502 g/mol. The fourth-order valence-electron chi connectivity index (χ4n) is 4.30. The van der Waals surface area contributed by atoms with Crippen LogP contribution in [0.3, 0.4) is 0 Å². The number of esters is 1. The molecule has 1 heterocycles. The van der Waals surface area contributed by atoms with Crippen LogP contribution in [0.2, 0.25) is 10.0 Å². The van der Waals surface area contributed by atoms with Crippen molar-refractivity contribution in [2.45, 2.75) is 50.6 Å². The zero-order chi connectivity index (χ0) is 24.2. The van der Waals surface area contributed by atoms with Gasteiger partial charge in [-0.3, -0.25) is 14.4 Å². The van der Waals surface area contributed by atoms with Crippen molar-refractivity contribution in [2.75, 3.05) is 11.5 Å². The molecule has 2 fully saturated rings. The summed E-state index contributed by atoms with van der Waals surface area (Å²) in [5.41, 5.74) is 0.869. The number of nitrogens with one attached hydrogen (secondary N) is 1. The molecule has 1 aliphatic heterocycles. The number of ether oxygens (including phenoxy) is 1. The first kappa shape index (κ1) is 24.4. The van der Waals surface area contributed by atoms with E-state index in [2.05, 4.69) is 5.32 Å². The summed E-state index contributed by atoms with van der Waals surface area (Å²) >= 11 is 11.8. The second-order valence-corrected chi connectivity index (χ2v) is 9.32. The molecule has 1 saturated carbocycles. The summed E-state index contributed by atoms with van der Waals surface area (Å²) in [6.07, 6.45) is 5.63. The number of halogens is 2. The van der Waals surface area contributed by atoms with Gasteiger partial charge in [-0.05, 0) is 55.3 Å². The quantitative estimate of drug-likeness (QED) is 0.338. The number of carbonyl (C=O) groups is 4. The SMILES string of the molecule is O=C(COC(=O)c1ccc(N2C(=O)CC(NC3CCCCC3)C2=O)cc1)c1ccc(Cl)c(Cl)c1. The van der Waals surface area contributed by atoms with E-state index in [1.165, 1.54) is 48.9 Å². The van der Waals surface area contributed by atoms with Gasteiger partial charge in [0.05, 0.1) is 33.8 Å². The van der Waals surface area contributed by atoms with Gasteiger partial charge in [-0.25, -0.2) is 9.69 Å². The van der Waals surface area contributed by atoms with Gasteiger partial charge in [0.2, 0.25) is 5.91 Å². The molecule has 2 amide bonds. The summed E-state index contributed by atoms with van der Waals surface area (Å²) in [7, 11) is 0. The van der Waals surface area contributed by atoms with Crippen LogP contribution < -0.4 is 10.2 Å². The Morgan fingerprint density at radius 3 is 2.29 bits per heavy atom. The van der Waals surface area contributed by atoms with Crippen LogP contribution in [0, 0.1) is 0 Å². The highest BCUT2D eigenvalue weighted by molar-refractivity contribution is 6.42. The third-order valence-corrected chi connectivity index (χ3v) is 6.86. The van der Waals surface area contributed by atoms with Gasteiger partial charge in [-0.15, -0.1) is 0 Å². The molecule has 1 unspecified atom stereocenters. The molecule has 0 bridgehead atoms. The highest BCUT2D eigenvalue weighted by atomic mass is 35.5. The molecule has 7 nitrogen and oxygen atoms in total. The highest BCUT2D eigenvalue weighted by Crippen LogP contribution is 2.26. The number of benzene rings is 2. The van der Waals surface area contributed by atoms with Crippen molar-refractivity contribution < 1.29 is 23.9 Å². The molecule has 0 spiro atoms. The minimum Gasteiger partial charge on any atom is -0.454 e. The summed E-state index contributed by atoms with van der Waals surface area (Å²) < 4.78 is 5.10. The Morgan fingerprint density at radius 1 is 0.941 bits per heavy atom. The molecule has 2 aromatic carbocycles. The number of rotatable bonds is 7. The van der Waals surface area contributed by atoms with E-state index < -0.39 is 24.4 Å². The average molecular weight is 503 g/mol. The summed E-state index contributed by atoms with van der Waals surface area (Å²) in [6, 6.07) is 10.1. The van der Waals surface area contributed by atoms with Gasteiger partial charge >= 0.3 is 5.97 Å². The van der Waals surface area contributed by atoms with Crippen molar-refractivity contribution in [3.63, 3.8) is 0 Å². The van der Waals surface area contributed by atoms with Crippen molar-refractivity contribution >= 4 is 52.5 Å². The third-order valence-electron chi connectivity index (χ3n) is 6.13. The molecular formula is C25H24Cl2N2O5. The molecule has 34 heavy (non-hydrogen) atoms. The lowest BCUT2D eigenvalue weighted by Gasteiger charge is -2.25. The number of amides is 2. The van der Waals surface area contributed by atoms with E-state index in [9.17, 15) is 19.2 Å². The maximum Gasteiger partial charge on any atom is 0.338 e. The molecule has 1 aliphatic carbocycles. The maximum atomic E-state index is 12.9. The average Bonchev–Trinajstić information content (AvgIpc) is 3.12. The molecule has 1 N–H and O–H groups in total. The minimum absolute atomic E-state index is 0.121. The van der Waals surface area contributed by atoms with E-state index in [1.807, 2.05) is 0 Å². The van der Waals surface area contributed by atoms with Crippen LogP contribution in [-0.2, 0) is 14.3 Å². The first-order valence-corrected chi connectivity index (χ1v) is 12.0. The highest BCUT2D eigenvalue weighted by Gasteiger charge is 2.40. The molecular weight excluding hydrogens is 479 g/mol. The zero-order valence-electron chi connectivity index (χ0n) is 18.4. The van der Waals surface area contributed by atoms with Crippen LogP contribution in [0.1, 0.15) is 59.2 Å². The first-order valence-electron chi connectivity index (χ1n) is 11.2. The van der Waals surface area contributed by atoms with E-state index in [4.69, 9.17) is 27.9 Å². The minimum atomic E-state index is -0.698. The van der Waals surface area contributed by atoms with Gasteiger partial charge in [0.1, 0.15) is 0 Å². The van der Waals surface area contributed by atoms with Crippen LogP contribution in [-0.4, -0.2) is 42.3 Å². The third kappa shape index (κ3) is 5.49. The normalized spacial score (nSPS) is 18.9. The van der Waals surface area contributed by atoms with Crippen molar-refractivity contribution in [1.29, 1.82) is 0 Å². The lowest BCUT2D eigenvalue weighted by Crippen LogP contribution is -2.44. The molecule has 2 aromatic rings. The Bertz CT molecular complexity index is 1110. The number of nitrogens with zero attached hydrogens (tertiary/aromatic N) is 1. The van der Waals surface area contributed by atoms with Crippen LogP contribution in [0.4, 0.5) is 5.69 Å². The van der Waals surface area contributed by atoms with Crippen molar-refractivity contribution in [3.05, 3.63) is 63.6 Å². The number of carbonyl (C=O) groups excluding carboxylic acids is 4. The standard InChI is InChI=1S/C25H24Cl2N2O5/c26-19-11-8-16(12-20(19)27)22(30)14-34-25(33)15-6-9-18(10-7-15)29-23(31)13-21(24(29)32)28-17-4-2-1-3-5-17/h6-12,17,21,28H,1-5,13-14H2. The predicted molar refractivity (Wildman–Crippen MR) is 128 cm³/mol. The van der Waals surface area contributed by atoms with Gasteiger partial charge in [-0.2, -0.15) is 0 Å². The molecule has 1 saturated heterocycles. The Kier molecular flexibility index (Phi) is 7.66. The Labute approximate surface area is 207 Å².